The first-order valence-corrected chi connectivity index (χ1v) is 5.13. The summed E-state index contributed by atoms with van der Waals surface area (Å²) in [5, 5.41) is 1.03. The van der Waals surface area contributed by atoms with Crippen LogP contribution in [0.5, 0.6) is 0 Å². The van der Waals surface area contributed by atoms with Crippen LogP contribution < -0.4 is 5.63 Å². The molecule has 0 bridgehead atoms. The molecule has 0 saturated heterocycles. The molecule has 0 spiro atoms. The average Bonchev–Trinajstić information content (AvgIpc) is 2.16. The summed E-state index contributed by atoms with van der Waals surface area (Å²) in [5.41, 5.74) is 2.34. The van der Waals surface area contributed by atoms with E-state index in [1.54, 1.807) is 0 Å². The second-order valence-corrected chi connectivity index (χ2v) is 4.13. The number of hydrogen-bond acceptors (Lipinski definition) is 2. The minimum atomic E-state index is -0.219. The predicted molar refractivity (Wildman–Crippen MR) is 61.3 cm³/mol. The van der Waals surface area contributed by atoms with E-state index in [9.17, 15) is 4.79 Å². The lowest BCUT2D eigenvalue weighted by atomic mass is 10.0. The van der Waals surface area contributed by atoms with E-state index >= 15 is 0 Å². The van der Waals surface area contributed by atoms with Crippen LogP contribution in [-0.2, 0) is 0 Å². The van der Waals surface area contributed by atoms with E-state index in [4.69, 9.17) is 4.42 Å². The van der Waals surface area contributed by atoms with Crippen LogP contribution in [0.25, 0.3) is 11.0 Å². The lowest BCUT2D eigenvalue weighted by molar-refractivity contribution is 0.544. The Bertz CT molecular complexity index is 550. The van der Waals surface area contributed by atoms with Gasteiger partial charge in [-0.1, -0.05) is 26.0 Å². The number of aryl methyl sites for hydroxylation is 1. The van der Waals surface area contributed by atoms with Gasteiger partial charge in [0.25, 0.3) is 0 Å². The highest BCUT2D eigenvalue weighted by Gasteiger charge is 2.09. The lowest BCUT2D eigenvalue weighted by Gasteiger charge is -2.06. The molecule has 78 valence electrons. The Kier molecular flexibility index (Phi) is 2.35. The summed E-state index contributed by atoms with van der Waals surface area (Å²) in [4.78, 5) is 11.6. The summed E-state index contributed by atoms with van der Waals surface area (Å²) >= 11 is 0. The third-order valence-corrected chi connectivity index (χ3v) is 2.64. The van der Waals surface area contributed by atoms with Crippen LogP contribution >= 0.6 is 0 Å². The first kappa shape index (κ1) is 9.97. The molecule has 0 aliphatic rings. The van der Waals surface area contributed by atoms with Gasteiger partial charge in [0, 0.05) is 10.9 Å². The standard InChI is InChI=1S/C13H14O2/c1-8(2)10-7-11-9(3)5-4-6-12(11)15-13(10)14/h4-8H,1-3H3. The molecule has 0 aliphatic heterocycles. The van der Waals surface area contributed by atoms with E-state index in [0.29, 0.717) is 5.58 Å². The van der Waals surface area contributed by atoms with E-state index in [1.807, 2.05) is 45.0 Å². The second-order valence-electron chi connectivity index (χ2n) is 4.13. The zero-order chi connectivity index (χ0) is 11.0. The highest BCUT2D eigenvalue weighted by atomic mass is 16.4. The van der Waals surface area contributed by atoms with Crippen molar-refractivity contribution in [1.82, 2.24) is 0 Å². The molecule has 0 atom stereocenters. The van der Waals surface area contributed by atoms with Gasteiger partial charge in [-0.3, -0.25) is 0 Å². The first-order valence-electron chi connectivity index (χ1n) is 5.13. The molecule has 2 rings (SSSR count). The molecule has 15 heavy (non-hydrogen) atoms. The Morgan fingerprint density at radius 1 is 1.27 bits per heavy atom. The zero-order valence-electron chi connectivity index (χ0n) is 9.20. The molecule has 2 heteroatoms. The maximum absolute atomic E-state index is 11.6. The topological polar surface area (TPSA) is 30.2 Å². The lowest BCUT2D eigenvalue weighted by Crippen LogP contribution is -2.08. The molecule has 0 aliphatic carbocycles. The highest BCUT2D eigenvalue weighted by molar-refractivity contribution is 5.80. The van der Waals surface area contributed by atoms with Crippen LogP contribution in [0.1, 0.15) is 30.9 Å². The van der Waals surface area contributed by atoms with E-state index in [-0.39, 0.29) is 11.5 Å². The van der Waals surface area contributed by atoms with Gasteiger partial charge in [0.15, 0.2) is 0 Å². The molecule has 1 aromatic carbocycles. The normalized spacial score (nSPS) is 11.2. The van der Waals surface area contributed by atoms with Gasteiger partial charge in [-0.2, -0.15) is 0 Å². The molecule has 0 amide bonds. The molecule has 1 aromatic heterocycles. The molecular formula is C13H14O2. The molecule has 2 aromatic rings. The fourth-order valence-corrected chi connectivity index (χ4v) is 1.70. The van der Waals surface area contributed by atoms with E-state index in [2.05, 4.69) is 0 Å². The van der Waals surface area contributed by atoms with Crippen molar-refractivity contribution in [3.63, 3.8) is 0 Å². The number of rotatable bonds is 1. The third-order valence-electron chi connectivity index (χ3n) is 2.64. The third kappa shape index (κ3) is 1.67. The fraction of sp³-hybridized carbons (Fsp3) is 0.308. The molecular weight excluding hydrogens is 188 g/mol. The highest BCUT2D eigenvalue weighted by Crippen LogP contribution is 2.20. The molecule has 0 radical (unpaired) electrons. The molecule has 0 saturated carbocycles. The number of fused-ring (bicyclic) bond motifs is 1. The van der Waals surface area contributed by atoms with Crippen LogP contribution in [-0.4, -0.2) is 0 Å². The van der Waals surface area contributed by atoms with Gasteiger partial charge in [-0.15, -0.1) is 0 Å². The van der Waals surface area contributed by atoms with Crippen LogP contribution in [0.2, 0.25) is 0 Å². The number of benzene rings is 1. The molecule has 1 heterocycles. The predicted octanol–water partition coefficient (Wildman–Crippen LogP) is 3.22. The SMILES string of the molecule is Cc1cccc2oc(=O)c(C(C)C)cc12. The minimum absolute atomic E-state index is 0.199. The van der Waals surface area contributed by atoms with Crippen molar-refractivity contribution in [2.45, 2.75) is 26.7 Å². The smallest absolute Gasteiger partial charge is 0.339 e. The van der Waals surface area contributed by atoms with Crippen LogP contribution in [0.4, 0.5) is 0 Å². The van der Waals surface area contributed by atoms with Crippen molar-refractivity contribution < 1.29 is 4.42 Å². The Labute approximate surface area is 88.5 Å². The number of hydrogen-bond donors (Lipinski definition) is 0. The van der Waals surface area contributed by atoms with Gasteiger partial charge >= 0.3 is 5.63 Å². The Morgan fingerprint density at radius 2 is 2.00 bits per heavy atom. The summed E-state index contributed by atoms with van der Waals surface area (Å²) in [6.45, 7) is 6.01. The van der Waals surface area contributed by atoms with Gasteiger partial charge in [-0.25, -0.2) is 4.79 Å². The van der Waals surface area contributed by atoms with Crippen LogP contribution in [0.15, 0.2) is 33.5 Å². The van der Waals surface area contributed by atoms with Gasteiger partial charge in [0.05, 0.1) is 0 Å². The molecule has 0 N–H and O–H groups in total. The molecule has 0 unspecified atom stereocenters. The largest absolute Gasteiger partial charge is 0.423 e. The summed E-state index contributed by atoms with van der Waals surface area (Å²) in [5.74, 6) is 0.199. The summed E-state index contributed by atoms with van der Waals surface area (Å²) < 4.78 is 5.28. The Morgan fingerprint density at radius 3 is 2.67 bits per heavy atom. The van der Waals surface area contributed by atoms with Crippen molar-refractivity contribution in [3.05, 3.63) is 45.8 Å². The van der Waals surface area contributed by atoms with E-state index in [1.165, 1.54) is 0 Å². The van der Waals surface area contributed by atoms with Gasteiger partial charge in [-0.05, 0) is 30.5 Å². The maximum Gasteiger partial charge on any atom is 0.339 e. The average molecular weight is 202 g/mol. The van der Waals surface area contributed by atoms with Gasteiger partial charge in [0.2, 0.25) is 0 Å². The van der Waals surface area contributed by atoms with Crippen molar-refractivity contribution >= 4 is 11.0 Å². The second kappa shape index (κ2) is 3.54. The first-order chi connectivity index (χ1) is 7.09. The van der Waals surface area contributed by atoms with E-state index in [0.717, 1.165) is 16.5 Å². The fourth-order valence-electron chi connectivity index (χ4n) is 1.70. The summed E-state index contributed by atoms with van der Waals surface area (Å²) in [7, 11) is 0. The zero-order valence-corrected chi connectivity index (χ0v) is 9.20. The monoisotopic (exact) mass is 202 g/mol. The summed E-state index contributed by atoms with van der Waals surface area (Å²) in [6.07, 6.45) is 0. The summed E-state index contributed by atoms with van der Waals surface area (Å²) in [6, 6.07) is 7.69. The van der Waals surface area contributed by atoms with Gasteiger partial charge < -0.3 is 4.42 Å². The van der Waals surface area contributed by atoms with Crippen molar-refractivity contribution in [1.29, 1.82) is 0 Å². The Balaban J connectivity index is 2.84. The van der Waals surface area contributed by atoms with Crippen molar-refractivity contribution in [2.24, 2.45) is 0 Å². The van der Waals surface area contributed by atoms with Crippen LogP contribution in [0, 0.1) is 6.92 Å². The minimum Gasteiger partial charge on any atom is -0.423 e. The Hall–Kier alpha value is -1.57. The van der Waals surface area contributed by atoms with Crippen molar-refractivity contribution in [2.75, 3.05) is 0 Å². The quantitative estimate of drug-likeness (QED) is 0.664. The molecule has 2 nitrogen and oxygen atoms in total. The van der Waals surface area contributed by atoms with Crippen LogP contribution in [0.3, 0.4) is 0 Å². The van der Waals surface area contributed by atoms with Crippen molar-refractivity contribution in [3.8, 4) is 0 Å². The molecule has 0 fully saturated rings. The van der Waals surface area contributed by atoms with Gasteiger partial charge in [0.1, 0.15) is 5.58 Å². The maximum atomic E-state index is 11.6. The van der Waals surface area contributed by atoms with E-state index < -0.39 is 0 Å².